The van der Waals surface area contributed by atoms with Crippen molar-refractivity contribution in [2.75, 3.05) is 23.8 Å². The molecule has 1 aliphatic rings. The van der Waals surface area contributed by atoms with Gasteiger partial charge in [-0.3, -0.25) is 14.7 Å². The molecule has 0 unspecified atom stereocenters. The summed E-state index contributed by atoms with van der Waals surface area (Å²) in [5.74, 6) is -0.703. The van der Waals surface area contributed by atoms with Crippen molar-refractivity contribution in [3.8, 4) is 0 Å². The van der Waals surface area contributed by atoms with Crippen molar-refractivity contribution in [2.24, 2.45) is 0 Å². The van der Waals surface area contributed by atoms with Crippen LogP contribution in [0.4, 0.5) is 15.9 Å². The molecule has 3 heterocycles. The third kappa shape index (κ3) is 3.91. The summed E-state index contributed by atoms with van der Waals surface area (Å²) >= 11 is 0. The lowest BCUT2D eigenvalue weighted by Gasteiger charge is -2.20. The fraction of sp³-hybridized carbons (Fsp3) is 0.211. The van der Waals surface area contributed by atoms with Crippen LogP contribution in [0.2, 0.25) is 0 Å². The van der Waals surface area contributed by atoms with Gasteiger partial charge in [0.2, 0.25) is 5.82 Å². The quantitative estimate of drug-likeness (QED) is 0.610. The van der Waals surface area contributed by atoms with E-state index in [1.54, 1.807) is 0 Å². The van der Waals surface area contributed by atoms with Gasteiger partial charge in [0, 0.05) is 26.1 Å². The lowest BCUT2D eigenvalue weighted by Crippen LogP contribution is -2.49. The zero-order chi connectivity index (χ0) is 20.4. The molecule has 4 rings (SSSR count). The highest BCUT2D eigenvalue weighted by atomic mass is 19.1. The predicted octanol–water partition coefficient (Wildman–Crippen LogP) is 1.12. The van der Waals surface area contributed by atoms with E-state index in [0.717, 1.165) is 11.8 Å². The first-order chi connectivity index (χ1) is 14.0. The average Bonchev–Trinajstić information content (AvgIpc) is 3.16. The number of nitrogens with one attached hydrogen (secondary N) is 3. The number of nitrogens with zero attached hydrogens (tertiary/aromatic N) is 4. The van der Waals surface area contributed by atoms with Gasteiger partial charge in [-0.15, -0.1) is 5.10 Å². The Bertz CT molecular complexity index is 1050. The second-order valence-corrected chi connectivity index (χ2v) is 6.59. The van der Waals surface area contributed by atoms with E-state index in [2.05, 4.69) is 30.8 Å². The molecular weight excluding hydrogens is 377 g/mol. The van der Waals surface area contributed by atoms with Crippen LogP contribution in [-0.4, -0.2) is 51.6 Å². The SMILES string of the molecule is CN1C(=O)[C@H](NC(=O)c2n[nH]c(Cc3ccccc3)n2)CNc2ncc(F)cc21. The predicted molar refractivity (Wildman–Crippen MR) is 103 cm³/mol. The van der Waals surface area contributed by atoms with Crippen LogP contribution < -0.4 is 15.5 Å². The maximum Gasteiger partial charge on any atom is 0.291 e. The van der Waals surface area contributed by atoms with E-state index in [4.69, 9.17) is 0 Å². The molecule has 0 radical (unpaired) electrons. The van der Waals surface area contributed by atoms with E-state index in [0.29, 0.717) is 23.8 Å². The summed E-state index contributed by atoms with van der Waals surface area (Å²) in [5.41, 5.74) is 1.33. The van der Waals surface area contributed by atoms with E-state index in [-0.39, 0.29) is 12.4 Å². The summed E-state index contributed by atoms with van der Waals surface area (Å²) in [5, 5.41) is 12.3. The number of fused-ring (bicyclic) bond motifs is 1. The maximum absolute atomic E-state index is 13.5. The second kappa shape index (κ2) is 7.66. The number of likely N-dealkylation sites (N-methyl/N-ethyl adjacent to an activating group) is 1. The van der Waals surface area contributed by atoms with E-state index < -0.39 is 23.7 Å². The number of aromatic amines is 1. The largest absolute Gasteiger partial charge is 0.366 e. The monoisotopic (exact) mass is 395 g/mol. The van der Waals surface area contributed by atoms with Crippen LogP contribution >= 0.6 is 0 Å². The van der Waals surface area contributed by atoms with Crippen LogP contribution in [0, 0.1) is 5.82 Å². The molecule has 0 aliphatic carbocycles. The molecule has 3 aromatic rings. The zero-order valence-corrected chi connectivity index (χ0v) is 15.5. The van der Waals surface area contributed by atoms with Crippen molar-refractivity contribution < 1.29 is 14.0 Å². The van der Waals surface area contributed by atoms with Gasteiger partial charge in [0.15, 0.2) is 0 Å². The van der Waals surface area contributed by atoms with Gasteiger partial charge in [-0.05, 0) is 5.56 Å². The fourth-order valence-corrected chi connectivity index (χ4v) is 3.06. The number of carbonyl (C=O) groups is 2. The highest BCUT2D eigenvalue weighted by Gasteiger charge is 2.31. The third-order valence-electron chi connectivity index (χ3n) is 4.55. The Hall–Kier alpha value is -3.82. The molecule has 29 heavy (non-hydrogen) atoms. The van der Waals surface area contributed by atoms with E-state index in [9.17, 15) is 14.0 Å². The molecule has 148 valence electrons. The summed E-state index contributed by atoms with van der Waals surface area (Å²) in [6, 6.07) is 9.96. The van der Waals surface area contributed by atoms with Crippen molar-refractivity contribution in [2.45, 2.75) is 12.5 Å². The standard InChI is InChI=1S/C19H18FN7O2/c1-27-14-8-12(20)9-21-16(14)22-10-13(19(27)29)23-18(28)17-24-15(25-26-17)7-11-5-3-2-4-6-11/h2-6,8-9,13H,7,10H2,1H3,(H,21,22)(H,23,28)(H,24,25,26)/t13-/m1/s1. The Balaban J connectivity index is 1.45. The summed E-state index contributed by atoms with van der Waals surface area (Å²) < 4.78 is 13.5. The molecule has 0 fully saturated rings. The van der Waals surface area contributed by atoms with E-state index in [1.807, 2.05) is 30.3 Å². The van der Waals surface area contributed by atoms with Gasteiger partial charge in [0.05, 0.1) is 11.9 Å². The number of H-pyrrole nitrogens is 1. The number of carbonyl (C=O) groups excluding carboxylic acids is 2. The van der Waals surface area contributed by atoms with Crippen molar-refractivity contribution in [3.63, 3.8) is 0 Å². The first-order valence-electron chi connectivity index (χ1n) is 8.94. The number of amides is 2. The van der Waals surface area contributed by atoms with Crippen molar-refractivity contribution in [1.82, 2.24) is 25.5 Å². The summed E-state index contributed by atoms with van der Waals surface area (Å²) in [6.45, 7) is 0.0990. The highest BCUT2D eigenvalue weighted by molar-refractivity contribution is 6.03. The normalized spacial score (nSPS) is 16.0. The highest BCUT2D eigenvalue weighted by Crippen LogP contribution is 2.26. The number of benzene rings is 1. The summed E-state index contributed by atoms with van der Waals surface area (Å²) in [4.78, 5) is 34.7. The topological polar surface area (TPSA) is 116 Å². The molecule has 1 atom stereocenters. The molecule has 0 spiro atoms. The Morgan fingerprint density at radius 3 is 2.93 bits per heavy atom. The minimum absolute atomic E-state index is 0.0580. The molecule has 0 saturated carbocycles. The van der Waals surface area contributed by atoms with Gasteiger partial charge in [-0.1, -0.05) is 30.3 Å². The molecule has 2 amide bonds. The Kier molecular flexibility index (Phi) is 4.90. The maximum atomic E-state index is 13.5. The molecule has 9 nitrogen and oxygen atoms in total. The van der Waals surface area contributed by atoms with Crippen LogP contribution in [0.1, 0.15) is 22.0 Å². The average molecular weight is 395 g/mol. The van der Waals surface area contributed by atoms with Gasteiger partial charge in [-0.25, -0.2) is 14.4 Å². The third-order valence-corrected chi connectivity index (χ3v) is 4.55. The van der Waals surface area contributed by atoms with Crippen molar-refractivity contribution in [3.05, 3.63) is 65.6 Å². The lowest BCUT2D eigenvalue weighted by molar-refractivity contribution is -0.119. The Morgan fingerprint density at radius 2 is 2.14 bits per heavy atom. The number of pyridine rings is 1. The summed E-state index contributed by atoms with van der Waals surface area (Å²) in [6.07, 6.45) is 1.56. The van der Waals surface area contributed by atoms with Gasteiger partial charge in [0.25, 0.3) is 11.8 Å². The fourth-order valence-electron chi connectivity index (χ4n) is 3.06. The van der Waals surface area contributed by atoms with Crippen molar-refractivity contribution in [1.29, 1.82) is 0 Å². The van der Waals surface area contributed by atoms with Crippen LogP contribution in [0.5, 0.6) is 0 Å². The van der Waals surface area contributed by atoms with Gasteiger partial charge >= 0.3 is 0 Å². The molecule has 2 aromatic heterocycles. The lowest BCUT2D eigenvalue weighted by atomic mass is 10.1. The molecule has 3 N–H and O–H groups in total. The minimum Gasteiger partial charge on any atom is -0.366 e. The smallest absolute Gasteiger partial charge is 0.291 e. The van der Waals surface area contributed by atoms with Crippen LogP contribution in [0.15, 0.2) is 42.6 Å². The number of aromatic nitrogens is 4. The molecular formula is C19H18FN7O2. The number of anilines is 2. The van der Waals surface area contributed by atoms with Crippen LogP contribution in [0.25, 0.3) is 0 Å². The zero-order valence-electron chi connectivity index (χ0n) is 15.5. The van der Waals surface area contributed by atoms with Crippen LogP contribution in [0.3, 0.4) is 0 Å². The molecule has 1 aliphatic heterocycles. The Morgan fingerprint density at radius 1 is 1.34 bits per heavy atom. The summed E-state index contributed by atoms with van der Waals surface area (Å²) in [7, 11) is 1.50. The molecule has 0 bridgehead atoms. The number of rotatable bonds is 4. The minimum atomic E-state index is -0.888. The van der Waals surface area contributed by atoms with Gasteiger partial charge < -0.3 is 15.5 Å². The van der Waals surface area contributed by atoms with Crippen molar-refractivity contribution >= 4 is 23.3 Å². The second-order valence-electron chi connectivity index (χ2n) is 6.59. The van der Waals surface area contributed by atoms with Crippen LogP contribution in [-0.2, 0) is 11.2 Å². The van der Waals surface area contributed by atoms with Gasteiger partial charge in [-0.2, -0.15) is 0 Å². The van der Waals surface area contributed by atoms with E-state index in [1.165, 1.54) is 18.0 Å². The van der Waals surface area contributed by atoms with E-state index >= 15 is 0 Å². The first-order valence-corrected chi connectivity index (χ1v) is 8.94. The molecule has 1 aromatic carbocycles. The first kappa shape index (κ1) is 18.5. The molecule has 10 heteroatoms. The Labute approximate surface area is 165 Å². The number of hydrogen-bond acceptors (Lipinski definition) is 6. The number of halogens is 1. The number of hydrogen-bond donors (Lipinski definition) is 3. The molecule has 0 saturated heterocycles. The van der Waals surface area contributed by atoms with Gasteiger partial charge in [0.1, 0.15) is 23.5 Å².